The lowest BCUT2D eigenvalue weighted by Crippen LogP contribution is -2.45. The molecule has 0 fully saturated rings. The molecule has 0 bridgehead atoms. The number of hydrogen-bond acceptors (Lipinski definition) is 4. The average molecular weight is 295 g/mol. The van der Waals surface area contributed by atoms with Crippen molar-refractivity contribution in [2.45, 2.75) is 13.8 Å². The second kappa shape index (κ2) is 6.71. The number of hydrogen-bond donors (Lipinski definition) is 3. The van der Waals surface area contributed by atoms with Crippen molar-refractivity contribution in [3.05, 3.63) is 0 Å². The number of carboxylic acid groups (broad SMARTS) is 1. The van der Waals surface area contributed by atoms with E-state index < -0.39 is 27.4 Å². The van der Waals surface area contributed by atoms with E-state index in [2.05, 4.69) is 10.6 Å². The quantitative estimate of drug-likeness (QED) is 0.573. The molecule has 0 saturated carbocycles. The van der Waals surface area contributed by atoms with E-state index in [4.69, 9.17) is 5.11 Å². The number of amides is 2. The monoisotopic (exact) mass is 295 g/mol. The van der Waals surface area contributed by atoms with E-state index >= 15 is 0 Å². The summed E-state index contributed by atoms with van der Waals surface area (Å²) < 4.78 is 23.9. The van der Waals surface area contributed by atoms with Gasteiger partial charge in [0.2, 0.25) is 10.0 Å². The molecule has 0 aromatic carbocycles. The number of carbonyl (C=O) groups excluding carboxylic acids is 1. The van der Waals surface area contributed by atoms with Crippen LogP contribution in [0, 0.1) is 5.41 Å². The van der Waals surface area contributed by atoms with Gasteiger partial charge in [0.05, 0.1) is 11.2 Å². The standard InChI is InChI=1S/C10H21N3O5S/c1-10(2,8(14)15)7-12-9(16)11-5-6-19(17,18)13(3)4/h5-7H2,1-4H3,(H,14,15)(H2,11,12,16). The van der Waals surface area contributed by atoms with Crippen LogP contribution in [0.4, 0.5) is 4.79 Å². The molecule has 0 heterocycles. The number of nitrogens with one attached hydrogen (secondary N) is 2. The molecule has 8 nitrogen and oxygen atoms in total. The molecular formula is C10H21N3O5S. The Balaban J connectivity index is 4.06. The molecule has 0 unspecified atom stereocenters. The molecule has 9 heteroatoms. The van der Waals surface area contributed by atoms with Crippen LogP contribution in [0.25, 0.3) is 0 Å². The van der Waals surface area contributed by atoms with Crippen LogP contribution in [0.3, 0.4) is 0 Å². The molecule has 0 radical (unpaired) electrons. The number of carbonyl (C=O) groups is 2. The first-order valence-electron chi connectivity index (χ1n) is 5.64. The van der Waals surface area contributed by atoms with Gasteiger partial charge in [-0.1, -0.05) is 0 Å². The topological polar surface area (TPSA) is 116 Å². The fourth-order valence-electron chi connectivity index (χ4n) is 0.915. The van der Waals surface area contributed by atoms with Gasteiger partial charge in [-0.25, -0.2) is 17.5 Å². The zero-order valence-corrected chi connectivity index (χ0v) is 12.4. The van der Waals surface area contributed by atoms with E-state index in [1.807, 2.05) is 0 Å². The SMILES string of the molecule is CN(C)S(=O)(=O)CCNC(=O)NCC(C)(C)C(=O)O. The van der Waals surface area contributed by atoms with Crippen molar-refractivity contribution in [1.29, 1.82) is 0 Å². The van der Waals surface area contributed by atoms with Crippen LogP contribution in [-0.2, 0) is 14.8 Å². The molecular weight excluding hydrogens is 274 g/mol. The maximum atomic E-state index is 11.4. The van der Waals surface area contributed by atoms with E-state index in [1.165, 1.54) is 27.9 Å². The van der Waals surface area contributed by atoms with Crippen LogP contribution in [-0.4, -0.2) is 62.8 Å². The molecule has 0 aliphatic rings. The number of sulfonamides is 1. The van der Waals surface area contributed by atoms with Crippen LogP contribution >= 0.6 is 0 Å². The van der Waals surface area contributed by atoms with Crippen molar-refractivity contribution >= 4 is 22.0 Å². The Bertz CT molecular complexity index is 430. The molecule has 0 spiro atoms. The van der Waals surface area contributed by atoms with Gasteiger partial charge in [-0.15, -0.1) is 0 Å². The molecule has 0 saturated heterocycles. The number of rotatable bonds is 7. The van der Waals surface area contributed by atoms with E-state index in [0.717, 1.165) is 4.31 Å². The highest BCUT2D eigenvalue weighted by Crippen LogP contribution is 2.12. The maximum Gasteiger partial charge on any atom is 0.314 e. The first-order valence-corrected chi connectivity index (χ1v) is 7.25. The lowest BCUT2D eigenvalue weighted by Gasteiger charge is -2.19. The van der Waals surface area contributed by atoms with Gasteiger partial charge in [-0.2, -0.15) is 0 Å². The number of aliphatic carboxylic acids is 1. The van der Waals surface area contributed by atoms with E-state index in [9.17, 15) is 18.0 Å². The molecule has 0 atom stereocenters. The van der Waals surface area contributed by atoms with Gasteiger partial charge in [0.1, 0.15) is 0 Å². The third kappa shape index (κ3) is 6.39. The summed E-state index contributed by atoms with van der Waals surface area (Å²) >= 11 is 0. The Kier molecular flexibility index (Phi) is 6.23. The summed E-state index contributed by atoms with van der Waals surface area (Å²) in [5, 5.41) is 13.6. The lowest BCUT2D eigenvalue weighted by molar-refractivity contribution is -0.146. The van der Waals surface area contributed by atoms with Crippen molar-refractivity contribution in [2.24, 2.45) is 5.41 Å². The first kappa shape index (κ1) is 17.6. The van der Waals surface area contributed by atoms with Gasteiger partial charge in [0, 0.05) is 27.2 Å². The molecule has 0 aliphatic carbocycles. The summed E-state index contributed by atoms with van der Waals surface area (Å²) in [5.41, 5.74) is -1.08. The molecule has 0 aromatic rings. The highest BCUT2D eigenvalue weighted by molar-refractivity contribution is 7.89. The van der Waals surface area contributed by atoms with Gasteiger partial charge in [0.15, 0.2) is 0 Å². The zero-order valence-electron chi connectivity index (χ0n) is 11.6. The molecule has 3 N–H and O–H groups in total. The normalized spacial score (nSPS) is 12.3. The summed E-state index contributed by atoms with van der Waals surface area (Å²) in [6, 6.07) is -0.594. The number of urea groups is 1. The third-order valence-electron chi connectivity index (χ3n) is 2.47. The third-order valence-corrected chi connectivity index (χ3v) is 4.30. The highest BCUT2D eigenvalue weighted by Gasteiger charge is 2.27. The minimum atomic E-state index is -3.35. The largest absolute Gasteiger partial charge is 0.481 e. The van der Waals surface area contributed by atoms with Crippen molar-refractivity contribution in [2.75, 3.05) is 32.9 Å². The highest BCUT2D eigenvalue weighted by atomic mass is 32.2. The van der Waals surface area contributed by atoms with Gasteiger partial charge in [-0.3, -0.25) is 4.79 Å². The van der Waals surface area contributed by atoms with Crippen molar-refractivity contribution < 1.29 is 23.1 Å². The lowest BCUT2D eigenvalue weighted by atomic mass is 9.94. The summed E-state index contributed by atoms with van der Waals surface area (Å²) in [5.74, 6) is -1.24. The summed E-state index contributed by atoms with van der Waals surface area (Å²) in [6.07, 6.45) is 0. The predicted octanol–water partition coefficient (Wildman–Crippen LogP) is -0.712. The van der Waals surface area contributed by atoms with Crippen molar-refractivity contribution in [1.82, 2.24) is 14.9 Å². The molecule has 112 valence electrons. The molecule has 0 aromatic heterocycles. The summed E-state index contributed by atoms with van der Waals surface area (Å²) in [6.45, 7) is 2.87. The van der Waals surface area contributed by atoms with Gasteiger partial charge >= 0.3 is 12.0 Å². The van der Waals surface area contributed by atoms with Crippen molar-refractivity contribution in [3.8, 4) is 0 Å². The fraction of sp³-hybridized carbons (Fsp3) is 0.800. The van der Waals surface area contributed by atoms with E-state index in [0.29, 0.717) is 0 Å². The number of nitrogens with zero attached hydrogens (tertiary/aromatic N) is 1. The van der Waals surface area contributed by atoms with Crippen molar-refractivity contribution in [3.63, 3.8) is 0 Å². The Labute approximate surface area is 113 Å². The average Bonchev–Trinajstić information content (AvgIpc) is 2.25. The van der Waals surface area contributed by atoms with Crippen LogP contribution in [0.15, 0.2) is 0 Å². The molecule has 2 amide bonds. The van der Waals surface area contributed by atoms with E-state index in [-0.39, 0.29) is 18.8 Å². The van der Waals surface area contributed by atoms with Gasteiger partial charge < -0.3 is 15.7 Å². The fourth-order valence-corrected chi connectivity index (χ4v) is 1.64. The molecule has 0 rings (SSSR count). The Morgan fingerprint density at radius 1 is 1.21 bits per heavy atom. The maximum absolute atomic E-state index is 11.4. The zero-order chi connectivity index (χ0) is 15.3. The van der Waals surface area contributed by atoms with Crippen LogP contribution in [0.5, 0.6) is 0 Å². The first-order chi connectivity index (χ1) is 8.49. The Morgan fingerprint density at radius 3 is 2.16 bits per heavy atom. The summed E-state index contributed by atoms with van der Waals surface area (Å²) in [7, 11) is -0.539. The predicted molar refractivity (Wildman–Crippen MR) is 70.3 cm³/mol. The second-order valence-corrected chi connectivity index (χ2v) is 7.20. The van der Waals surface area contributed by atoms with Gasteiger partial charge in [0.25, 0.3) is 0 Å². The summed E-state index contributed by atoms with van der Waals surface area (Å²) in [4.78, 5) is 22.1. The van der Waals surface area contributed by atoms with Gasteiger partial charge in [-0.05, 0) is 13.8 Å². The number of carboxylic acids is 1. The molecule has 19 heavy (non-hydrogen) atoms. The minimum Gasteiger partial charge on any atom is -0.481 e. The second-order valence-electron chi connectivity index (χ2n) is 4.90. The van der Waals surface area contributed by atoms with Crippen LogP contribution < -0.4 is 10.6 Å². The molecule has 0 aliphatic heterocycles. The minimum absolute atomic E-state index is 0.0418. The van der Waals surface area contributed by atoms with Crippen LogP contribution in [0.2, 0.25) is 0 Å². The smallest absolute Gasteiger partial charge is 0.314 e. The van der Waals surface area contributed by atoms with Crippen LogP contribution in [0.1, 0.15) is 13.8 Å². The Hall–Kier alpha value is -1.35. The van der Waals surface area contributed by atoms with E-state index in [1.54, 1.807) is 0 Å². The Morgan fingerprint density at radius 2 is 1.74 bits per heavy atom.